The molecule has 5 nitrogen and oxygen atoms in total. The van der Waals surface area contributed by atoms with Crippen molar-refractivity contribution >= 4 is 16.9 Å². The first kappa shape index (κ1) is 20.6. The van der Waals surface area contributed by atoms with Crippen LogP contribution in [0.25, 0.3) is 11.0 Å². The number of likely N-dealkylation sites (tertiary alicyclic amines) is 1. The lowest BCUT2D eigenvalue weighted by Crippen LogP contribution is -2.24. The lowest BCUT2D eigenvalue weighted by atomic mass is 10.1. The minimum absolute atomic E-state index is 0.216. The van der Waals surface area contributed by atoms with Gasteiger partial charge in [-0.2, -0.15) is 0 Å². The van der Waals surface area contributed by atoms with Crippen molar-refractivity contribution in [2.24, 2.45) is 0 Å². The van der Waals surface area contributed by atoms with Gasteiger partial charge in [0, 0.05) is 31.1 Å². The van der Waals surface area contributed by atoms with Gasteiger partial charge in [0.2, 0.25) is 0 Å². The molecule has 1 aliphatic heterocycles. The average molecular weight is 407 g/mol. The van der Waals surface area contributed by atoms with Crippen LogP contribution in [0.1, 0.15) is 52.9 Å². The molecule has 2 aromatic carbocycles. The summed E-state index contributed by atoms with van der Waals surface area (Å²) in [6, 6.07) is 16.2. The molecule has 1 saturated heterocycles. The number of hydrogen-bond donors (Lipinski definition) is 1. The number of fused-ring (bicyclic) bond motifs is 1. The molecule has 1 N–H and O–H groups in total. The zero-order valence-corrected chi connectivity index (χ0v) is 17.7. The van der Waals surface area contributed by atoms with Crippen molar-refractivity contribution in [2.45, 2.75) is 45.4 Å². The van der Waals surface area contributed by atoms with Gasteiger partial charge in [-0.3, -0.25) is 9.69 Å². The summed E-state index contributed by atoms with van der Waals surface area (Å²) in [5.74, 6) is 0.114. The van der Waals surface area contributed by atoms with Crippen LogP contribution in [0.5, 0.6) is 0 Å². The molecule has 0 atom stereocenters. The average Bonchev–Trinajstić information content (AvgIpc) is 2.94. The Balaban J connectivity index is 1.38. The molecule has 0 saturated carbocycles. The Kier molecular flexibility index (Phi) is 6.82. The zero-order valence-electron chi connectivity index (χ0n) is 17.7. The van der Waals surface area contributed by atoms with Crippen LogP contribution >= 0.6 is 0 Å². The number of carbonyl (C=O) groups excluding carboxylic acids is 1. The minimum atomic E-state index is -0.216. The van der Waals surface area contributed by atoms with Gasteiger partial charge < -0.3 is 14.5 Å². The molecule has 5 heteroatoms. The first-order valence-electron chi connectivity index (χ1n) is 10.8. The number of para-hydroxylation sites is 1. The fourth-order valence-electron chi connectivity index (χ4n) is 4.15. The monoisotopic (exact) mass is 406 g/mol. The Labute approximate surface area is 178 Å². The molecule has 4 rings (SSSR count). The van der Waals surface area contributed by atoms with Gasteiger partial charge in [0.15, 0.2) is 5.76 Å². The van der Waals surface area contributed by atoms with Crippen LogP contribution in [0.4, 0.5) is 0 Å². The standard InChI is InChI=1S/C25H30N2O3/c1-29-18-22-21-8-4-5-9-23(21)30-24(22)25(28)26-16-19-10-12-20(13-11-19)17-27-14-6-2-3-7-15-27/h4-5,8-13H,2-3,6-7,14-18H2,1H3,(H,26,28). The number of hydrogen-bond acceptors (Lipinski definition) is 4. The summed E-state index contributed by atoms with van der Waals surface area (Å²) in [6.07, 6.45) is 5.31. The van der Waals surface area contributed by atoms with Crippen LogP contribution in [0, 0.1) is 0 Å². The summed E-state index contributed by atoms with van der Waals surface area (Å²) in [5.41, 5.74) is 3.89. The highest BCUT2D eigenvalue weighted by Gasteiger charge is 2.20. The predicted octanol–water partition coefficient (Wildman–Crippen LogP) is 4.89. The van der Waals surface area contributed by atoms with Crippen molar-refractivity contribution in [3.8, 4) is 0 Å². The Hall–Kier alpha value is -2.63. The molecule has 0 radical (unpaired) electrons. The number of benzene rings is 2. The van der Waals surface area contributed by atoms with Gasteiger partial charge in [0.05, 0.1) is 6.61 Å². The van der Waals surface area contributed by atoms with Crippen LogP contribution in [0.3, 0.4) is 0 Å². The predicted molar refractivity (Wildman–Crippen MR) is 118 cm³/mol. The van der Waals surface area contributed by atoms with Gasteiger partial charge in [0.25, 0.3) is 5.91 Å². The van der Waals surface area contributed by atoms with E-state index in [9.17, 15) is 4.79 Å². The Morgan fingerprint density at radius 3 is 2.43 bits per heavy atom. The van der Waals surface area contributed by atoms with E-state index in [2.05, 4.69) is 34.5 Å². The third kappa shape index (κ3) is 4.91. The van der Waals surface area contributed by atoms with Gasteiger partial charge in [-0.25, -0.2) is 0 Å². The summed E-state index contributed by atoms with van der Waals surface area (Å²) < 4.78 is 11.1. The molecule has 0 aliphatic carbocycles. The molecule has 1 aromatic heterocycles. The van der Waals surface area contributed by atoms with Crippen molar-refractivity contribution in [1.82, 2.24) is 10.2 Å². The van der Waals surface area contributed by atoms with E-state index in [1.54, 1.807) is 7.11 Å². The molecule has 0 unspecified atom stereocenters. The molecule has 0 bridgehead atoms. The van der Waals surface area contributed by atoms with Gasteiger partial charge in [-0.15, -0.1) is 0 Å². The maximum Gasteiger partial charge on any atom is 0.287 e. The number of methoxy groups -OCH3 is 1. The number of nitrogens with zero attached hydrogens (tertiary/aromatic N) is 1. The van der Waals surface area contributed by atoms with E-state index < -0.39 is 0 Å². The van der Waals surface area contributed by atoms with Gasteiger partial charge in [-0.1, -0.05) is 55.3 Å². The number of carbonyl (C=O) groups is 1. The van der Waals surface area contributed by atoms with Gasteiger partial charge >= 0.3 is 0 Å². The lowest BCUT2D eigenvalue weighted by Gasteiger charge is -2.19. The van der Waals surface area contributed by atoms with E-state index in [-0.39, 0.29) is 5.91 Å². The zero-order chi connectivity index (χ0) is 20.8. The van der Waals surface area contributed by atoms with E-state index >= 15 is 0 Å². The normalized spacial score (nSPS) is 15.2. The molecule has 1 aliphatic rings. The highest BCUT2D eigenvalue weighted by Crippen LogP contribution is 2.26. The minimum Gasteiger partial charge on any atom is -0.451 e. The van der Waals surface area contributed by atoms with E-state index in [1.807, 2.05) is 24.3 Å². The van der Waals surface area contributed by atoms with E-state index in [0.717, 1.165) is 23.1 Å². The second-order valence-electron chi connectivity index (χ2n) is 8.03. The highest BCUT2D eigenvalue weighted by atomic mass is 16.5. The summed E-state index contributed by atoms with van der Waals surface area (Å²) in [6.45, 7) is 4.20. The number of rotatable bonds is 7. The van der Waals surface area contributed by atoms with Crippen LogP contribution in [0.2, 0.25) is 0 Å². The Morgan fingerprint density at radius 1 is 1.00 bits per heavy atom. The Morgan fingerprint density at radius 2 is 1.70 bits per heavy atom. The number of nitrogens with one attached hydrogen (secondary N) is 1. The summed E-state index contributed by atoms with van der Waals surface area (Å²) >= 11 is 0. The first-order chi connectivity index (χ1) is 14.7. The molecule has 0 spiro atoms. The number of amides is 1. The highest BCUT2D eigenvalue weighted by molar-refractivity contribution is 5.99. The summed E-state index contributed by atoms with van der Waals surface area (Å²) in [5, 5.41) is 3.90. The maximum atomic E-state index is 12.8. The SMILES string of the molecule is COCc1c(C(=O)NCc2ccc(CN3CCCCCC3)cc2)oc2ccccc12. The Bertz CT molecular complexity index is 970. The van der Waals surface area contributed by atoms with E-state index in [4.69, 9.17) is 9.15 Å². The fraction of sp³-hybridized carbons (Fsp3) is 0.400. The van der Waals surface area contributed by atoms with Crippen LogP contribution in [-0.4, -0.2) is 31.0 Å². The van der Waals surface area contributed by atoms with Crippen molar-refractivity contribution in [3.05, 3.63) is 71.0 Å². The second-order valence-corrected chi connectivity index (χ2v) is 8.03. The second kappa shape index (κ2) is 9.92. The molecule has 1 fully saturated rings. The topological polar surface area (TPSA) is 54.7 Å². The molecule has 158 valence electrons. The number of ether oxygens (including phenoxy) is 1. The van der Waals surface area contributed by atoms with E-state index in [0.29, 0.717) is 24.5 Å². The van der Waals surface area contributed by atoms with E-state index in [1.165, 1.54) is 44.3 Å². The van der Waals surface area contributed by atoms with Crippen LogP contribution in [0.15, 0.2) is 52.9 Å². The fourth-order valence-corrected chi connectivity index (χ4v) is 4.15. The van der Waals surface area contributed by atoms with Crippen LogP contribution in [-0.2, 0) is 24.4 Å². The molecule has 1 amide bonds. The van der Waals surface area contributed by atoms with Crippen molar-refractivity contribution in [3.63, 3.8) is 0 Å². The third-order valence-corrected chi connectivity index (χ3v) is 5.77. The molecular formula is C25H30N2O3. The van der Waals surface area contributed by atoms with Crippen molar-refractivity contribution in [1.29, 1.82) is 0 Å². The smallest absolute Gasteiger partial charge is 0.287 e. The molecule has 3 aromatic rings. The van der Waals surface area contributed by atoms with Gasteiger partial charge in [-0.05, 0) is 43.1 Å². The lowest BCUT2D eigenvalue weighted by molar-refractivity contribution is 0.0918. The molecule has 30 heavy (non-hydrogen) atoms. The largest absolute Gasteiger partial charge is 0.451 e. The third-order valence-electron chi connectivity index (χ3n) is 5.77. The van der Waals surface area contributed by atoms with Crippen molar-refractivity contribution < 1.29 is 13.9 Å². The molecule has 2 heterocycles. The first-order valence-corrected chi connectivity index (χ1v) is 10.8. The maximum absolute atomic E-state index is 12.8. The summed E-state index contributed by atoms with van der Waals surface area (Å²) in [7, 11) is 1.62. The summed E-state index contributed by atoms with van der Waals surface area (Å²) in [4.78, 5) is 15.3. The number of furan rings is 1. The quantitative estimate of drug-likeness (QED) is 0.607. The van der Waals surface area contributed by atoms with Crippen LogP contribution < -0.4 is 5.32 Å². The van der Waals surface area contributed by atoms with Crippen molar-refractivity contribution in [2.75, 3.05) is 20.2 Å². The molecular weight excluding hydrogens is 376 g/mol. The van der Waals surface area contributed by atoms with Gasteiger partial charge in [0.1, 0.15) is 5.58 Å².